The number of benzene rings is 1. The summed E-state index contributed by atoms with van der Waals surface area (Å²) in [6, 6.07) is 7.20. The summed E-state index contributed by atoms with van der Waals surface area (Å²) in [4.78, 5) is 20.3. The van der Waals surface area contributed by atoms with Gasteiger partial charge in [-0.15, -0.1) is 0 Å². The van der Waals surface area contributed by atoms with E-state index in [0.717, 1.165) is 10.0 Å². The average Bonchev–Trinajstić information content (AvgIpc) is 2.15. The van der Waals surface area contributed by atoms with Crippen molar-refractivity contribution in [3.63, 3.8) is 0 Å². The summed E-state index contributed by atoms with van der Waals surface area (Å²) in [6.07, 6.45) is 1.69. The molecule has 4 nitrogen and oxygen atoms in total. The van der Waals surface area contributed by atoms with Crippen molar-refractivity contribution in [1.29, 1.82) is 0 Å². The molecule has 0 saturated heterocycles. The highest BCUT2D eigenvalue weighted by Crippen LogP contribution is 2.56. The van der Waals surface area contributed by atoms with Crippen LogP contribution in [0.15, 0.2) is 30.5 Å². The number of fused-ring (bicyclic) bond motifs is 1. The third-order valence-electron chi connectivity index (χ3n) is 2.52. The van der Waals surface area contributed by atoms with Crippen molar-refractivity contribution in [3.05, 3.63) is 41.6 Å². The molecule has 0 radical (unpaired) electrons. The van der Waals surface area contributed by atoms with E-state index in [-0.39, 0.29) is 0 Å². The third-order valence-corrected chi connectivity index (χ3v) is 4.43. The maximum Gasteiger partial charge on any atom is 0.352 e. The Morgan fingerprint density at radius 1 is 1.38 bits per heavy atom. The van der Waals surface area contributed by atoms with Gasteiger partial charge in [0.05, 0.1) is 0 Å². The van der Waals surface area contributed by atoms with Gasteiger partial charge in [0, 0.05) is 17.7 Å². The van der Waals surface area contributed by atoms with Crippen LogP contribution in [0.5, 0.6) is 0 Å². The second kappa shape index (κ2) is 4.00. The van der Waals surface area contributed by atoms with Gasteiger partial charge in [-0.2, -0.15) is 0 Å². The first-order valence-electron chi connectivity index (χ1n) is 4.65. The number of nitrogens with zero attached hydrogens (tertiary/aromatic N) is 1. The van der Waals surface area contributed by atoms with Crippen LogP contribution in [0.4, 0.5) is 0 Å². The van der Waals surface area contributed by atoms with Crippen LogP contribution in [0.1, 0.15) is 16.9 Å². The van der Waals surface area contributed by atoms with Crippen molar-refractivity contribution in [3.8, 4) is 0 Å². The predicted molar refractivity (Wildman–Crippen MR) is 65.9 cm³/mol. The fraction of sp³-hybridized carbons (Fsp3) is 0.200. The molecule has 16 heavy (non-hydrogen) atoms. The van der Waals surface area contributed by atoms with Gasteiger partial charge in [-0.1, -0.05) is 24.3 Å². The lowest BCUT2D eigenvalue weighted by atomic mass is 10.0. The van der Waals surface area contributed by atoms with E-state index in [2.05, 4.69) is 15.9 Å². The summed E-state index contributed by atoms with van der Waals surface area (Å²) >= 11 is 3.39. The Balaban J connectivity index is 2.63. The van der Waals surface area contributed by atoms with Gasteiger partial charge in [0.1, 0.15) is 0 Å². The van der Waals surface area contributed by atoms with Crippen LogP contribution in [0.3, 0.4) is 0 Å². The topological polar surface area (TPSA) is 60.8 Å². The van der Waals surface area contributed by atoms with Crippen LogP contribution >= 0.6 is 23.5 Å². The SMILES string of the molecule is CN1C=C(Br)c2ccccc2C1P(=O)(O)O. The van der Waals surface area contributed by atoms with Crippen LogP contribution in [0.25, 0.3) is 4.48 Å². The number of halogens is 1. The maximum atomic E-state index is 11.5. The van der Waals surface area contributed by atoms with Gasteiger partial charge >= 0.3 is 7.60 Å². The first-order valence-corrected chi connectivity index (χ1v) is 7.12. The molecule has 0 amide bonds. The molecule has 1 aromatic rings. The molecule has 0 aliphatic carbocycles. The largest absolute Gasteiger partial charge is 0.362 e. The number of hydrogen-bond acceptors (Lipinski definition) is 2. The van der Waals surface area contributed by atoms with Gasteiger partial charge in [-0.3, -0.25) is 4.57 Å². The molecule has 0 fully saturated rings. The zero-order chi connectivity index (χ0) is 11.9. The van der Waals surface area contributed by atoms with E-state index < -0.39 is 13.4 Å². The van der Waals surface area contributed by atoms with Gasteiger partial charge in [0.15, 0.2) is 5.78 Å². The molecule has 0 aromatic heterocycles. The molecular weight excluding hydrogens is 293 g/mol. The molecule has 0 spiro atoms. The molecule has 0 bridgehead atoms. The van der Waals surface area contributed by atoms with Gasteiger partial charge in [0.25, 0.3) is 0 Å². The second-order valence-electron chi connectivity index (χ2n) is 3.69. The highest BCUT2D eigenvalue weighted by atomic mass is 79.9. The molecule has 1 heterocycles. The van der Waals surface area contributed by atoms with E-state index in [9.17, 15) is 14.4 Å². The van der Waals surface area contributed by atoms with Crippen LogP contribution in [-0.4, -0.2) is 21.7 Å². The van der Waals surface area contributed by atoms with E-state index in [1.807, 2.05) is 12.1 Å². The predicted octanol–water partition coefficient (Wildman–Crippen LogP) is 2.50. The molecule has 1 aliphatic heterocycles. The summed E-state index contributed by atoms with van der Waals surface area (Å²) in [6.45, 7) is 0. The highest BCUT2D eigenvalue weighted by molar-refractivity contribution is 9.15. The summed E-state index contributed by atoms with van der Waals surface area (Å²) in [7, 11) is -2.54. The molecule has 0 saturated carbocycles. The number of rotatable bonds is 1. The second-order valence-corrected chi connectivity index (χ2v) is 6.21. The third kappa shape index (κ3) is 1.96. The van der Waals surface area contributed by atoms with E-state index in [4.69, 9.17) is 0 Å². The Kier molecular flexibility index (Phi) is 2.97. The van der Waals surface area contributed by atoms with Crippen molar-refractivity contribution in [2.75, 3.05) is 7.05 Å². The summed E-state index contributed by atoms with van der Waals surface area (Å²) < 4.78 is 12.3. The Bertz CT molecular complexity index is 497. The quantitative estimate of drug-likeness (QED) is 0.783. The summed E-state index contributed by atoms with van der Waals surface area (Å²) in [5, 5.41) is 0. The molecule has 86 valence electrons. The first-order chi connectivity index (χ1) is 7.41. The van der Waals surface area contributed by atoms with E-state index in [1.165, 1.54) is 4.90 Å². The minimum atomic E-state index is -4.20. The van der Waals surface area contributed by atoms with E-state index in [1.54, 1.807) is 25.4 Å². The molecule has 2 rings (SSSR count). The summed E-state index contributed by atoms with van der Waals surface area (Å²) in [5.74, 6) is -0.898. The van der Waals surface area contributed by atoms with Crippen LogP contribution in [0.2, 0.25) is 0 Å². The van der Waals surface area contributed by atoms with E-state index >= 15 is 0 Å². The van der Waals surface area contributed by atoms with E-state index in [0.29, 0.717) is 5.56 Å². The van der Waals surface area contributed by atoms with Crippen molar-refractivity contribution in [2.45, 2.75) is 5.78 Å². The lowest BCUT2D eigenvalue weighted by Gasteiger charge is -2.33. The molecule has 6 heteroatoms. The minimum absolute atomic E-state index is 0.646. The van der Waals surface area contributed by atoms with Crippen molar-refractivity contribution >= 4 is 28.0 Å². The van der Waals surface area contributed by atoms with Crippen LogP contribution in [0, 0.1) is 0 Å². The smallest absolute Gasteiger partial charge is 0.352 e. The zero-order valence-electron chi connectivity index (χ0n) is 8.54. The van der Waals surface area contributed by atoms with Gasteiger partial charge in [-0.25, -0.2) is 0 Å². The Morgan fingerprint density at radius 3 is 2.62 bits per heavy atom. The first kappa shape index (κ1) is 11.9. The standard InChI is InChI=1S/C10H11BrNO3P/c1-12-6-9(11)7-4-2-3-5-8(7)10(12)16(13,14)15/h2-6,10H,1H3,(H2,13,14,15). The Labute approximate surface area is 102 Å². The van der Waals surface area contributed by atoms with Crippen LogP contribution in [-0.2, 0) is 4.57 Å². The normalized spacial score (nSPS) is 20.4. The van der Waals surface area contributed by atoms with Crippen molar-refractivity contribution in [2.24, 2.45) is 0 Å². The van der Waals surface area contributed by atoms with Gasteiger partial charge in [0.2, 0.25) is 0 Å². The lowest BCUT2D eigenvalue weighted by molar-refractivity contribution is 0.301. The molecular formula is C10H11BrNO3P. The maximum absolute atomic E-state index is 11.5. The Hall–Kier alpha value is -0.610. The zero-order valence-corrected chi connectivity index (χ0v) is 11.0. The number of hydrogen-bond donors (Lipinski definition) is 2. The fourth-order valence-corrected chi connectivity index (χ4v) is 3.71. The monoisotopic (exact) mass is 303 g/mol. The highest BCUT2D eigenvalue weighted by Gasteiger charge is 2.37. The van der Waals surface area contributed by atoms with Gasteiger partial charge < -0.3 is 14.7 Å². The molecule has 1 atom stereocenters. The fourth-order valence-electron chi connectivity index (χ4n) is 1.90. The summed E-state index contributed by atoms with van der Waals surface area (Å²) in [5.41, 5.74) is 1.47. The average molecular weight is 304 g/mol. The van der Waals surface area contributed by atoms with Crippen molar-refractivity contribution in [1.82, 2.24) is 4.90 Å². The molecule has 2 N–H and O–H groups in total. The minimum Gasteiger partial charge on any atom is -0.362 e. The molecule has 1 aliphatic rings. The molecule has 1 aromatic carbocycles. The van der Waals surface area contributed by atoms with Crippen LogP contribution < -0.4 is 0 Å². The molecule has 1 unspecified atom stereocenters. The lowest BCUT2D eigenvalue weighted by Crippen LogP contribution is -2.23. The Morgan fingerprint density at radius 2 is 2.00 bits per heavy atom. The van der Waals surface area contributed by atoms with Crippen molar-refractivity contribution < 1.29 is 14.4 Å². The van der Waals surface area contributed by atoms with Gasteiger partial charge in [-0.05, 0) is 27.1 Å².